The third-order valence-corrected chi connectivity index (χ3v) is 13.1. The van der Waals surface area contributed by atoms with Gasteiger partial charge in [-0.2, -0.15) is 0 Å². The van der Waals surface area contributed by atoms with E-state index in [1.807, 2.05) is 110 Å². The summed E-state index contributed by atoms with van der Waals surface area (Å²) in [6.07, 6.45) is 11.0. The van der Waals surface area contributed by atoms with E-state index in [0.29, 0.717) is 0 Å². The molecule has 0 spiro atoms. The summed E-state index contributed by atoms with van der Waals surface area (Å²) in [5.41, 5.74) is 20.3. The molecule has 0 amide bonds. The number of nitrogens with zero attached hydrogens (tertiary/aromatic N) is 7. The lowest BCUT2D eigenvalue weighted by Crippen LogP contribution is -2.11. The first kappa shape index (κ1) is 44.2. The van der Waals surface area contributed by atoms with E-state index in [1.165, 1.54) is 0 Å². The molecule has 12 aromatic rings. The van der Waals surface area contributed by atoms with Crippen LogP contribution >= 0.6 is 0 Å². The van der Waals surface area contributed by atoms with E-state index >= 15 is 0 Å². The molecule has 12 rings (SSSR count). The summed E-state index contributed by atoms with van der Waals surface area (Å²) in [6, 6.07) is 82.4. The largest absolute Gasteiger partial charge is 0.310 e. The monoisotopic (exact) mass is 935 g/mol. The van der Waals surface area contributed by atoms with E-state index in [-0.39, 0.29) is 0 Å². The minimum atomic E-state index is 0.810. The second-order valence-corrected chi connectivity index (χ2v) is 17.5. The van der Waals surface area contributed by atoms with E-state index in [2.05, 4.69) is 169 Å². The van der Waals surface area contributed by atoms with Gasteiger partial charge in [-0.05, 0) is 141 Å². The van der Waals surface area contributed by atoms with E-state index in [0.717, 1.165) is 118 Å². The van der Waals surface area contributed by atoms with Gasteiger partial charge < -0.3 is 4.90 Å². The van der Waals surface area contributed by atoms with Crippen LogP contribution in [0, 0.1) is 0 Å². The third kappa shape index (κ3) is 8.95. The molecule has 0 unspecified atom stereocenters. The number of pyridine rings is 6. The van der Waals surface area contributed by atoms with Crippen molar-refractivity contribution in [2.24, 2.45) is 0 Å². The SMILES string of the molecule is c1ccc(-c2cc(N(c3ccc(-c4cccnc4-c4ccccn4)c(-c4ccccc4)c3)c3ccc(-c4cccnc4-c4ccccn4)c(-c4ccccc4)c3)ccc2-c2cccnc2-c2ccccn2)cc1. The molecule has 7 nitrogen and oxygen atoms in total. The van der Waals surface area contributed by atoms with Gasteiger partial charge in [0.2, 0.25) is 0 Å². The van der Waals surface area contributed by atoms with Gasteiger partial charge in [-0.15, -0.1) is 0 Å². The number of hydrogen-bond donors (Lipinski definition) is 0. The van der Waals surface area contributed by atoms with Gasteiger partial charge in [0.05, 0.1) is 34.2 Å². The predicted molar refractivity (Wildman–Crippen MR) is 297 cm³/mol. The van der Waals surface area contributed by atoms with Crippen molar-refractivity contribution in [3.8, 4) is 101 Å². The Morgan fingerprint density at radius 2 is 0.493 bits per heavy atom. The highest BCUT2D eigenvalue weighted by Crippen LogP contribution is 2.47. The Morgan fingerprint density at radius 3 is 0.781 bits per heavy atom. The second kappa shape index (κ2) is 20.2. The summed E-state index contributed by atoms with van der Waals surface area (Å²) in [5, 5.41) is 0. The second-order valence-electron chi connectivity index (χ2n) is 17.5. The van der Waals surface area contributed by atoms with Crippen LogP contribution in [0.1, 0.15) is 0 Å². The zero-order chi connectivity index (χ0) is 48.8. The molecule has 0 saturated heterocycles. The molecule has 0 aliphatic heterocycles. The molecule has 6 aromatic heterocycles. The lowest BCUT2D eigenvalue weighted by molar-refractivity contribution is 1.24. The summed E-state index contributed by atoms with van der Waals surface area (Å²) in [7, 11) is 0. The Labute approximate surface area is 424 Å². The van der Waals surface area contributed by atoms with Crippen LogP contribution in [-0.4, -0.2) is 29.9 Å². The van der Waals surface area contributed by atoms with Gasteiger partial charge in [0.25, 0.3) is 0 Å². The van der Waals surface area contributed by atoms with E-state index in [1.54, 1.807) is 0 Å². The Balaban J connectivity index is 1.12. The molecule has 0 aliphatic rings. The fraction of sp³-hybridized carbons (Fsp3) is 0. The fourth-order valence-electron chi connectivity index (χ4n) is 9.72. The molecular formula is C66H45N7. The van der Waals surface area contributed by atoms with Crippen LogP contribution in [0.5, 0.6) is 0 Å². The molecule has 0 atom stereocenters. The van der Waals surface area contributed by atoms with Gasteiger partial charge in [-0.3, -0.25) is 29.9 Å². The number of rotatable bonds is 12. The van der Waals surface area contributed by atoms with Crippen molar-refractivity contribution in [2.75, 3.05) is 4.90 Å². The molecule has 0 bridgehead atoms. The smallest absolute Gasteiger partial charge is 0.0964 e. The number of aromatic nitrogens is 6. The molecule has 73 heavy (non-hydrogen) atoms. The zero-order valence-electron chi connectivity index (χ0n) is 39.6. The minimum Gasteiger partial charge on any atom is -0.310 e. The summed E-state index contributed by atoms with van der Waals surface area (Å²) in [4.78, 5) is 31.4. The molecule has 7 heteroatoms. The summed E-state index contributed by atoms with van der Waals surface area (Å²) >= 11 is 0. The maximum atomic E-state index is 4.92. The van der Waals surface area contributed by atoms with Crippen molar-refractivity contribution in [3.63, 3.8) is 0 Å². The maximum absolute atomic E-state index is 4.92. The van der Waals surface area contributed by atoms with Crippen LogP contribution in [0.4, 0.5) is 17.1 Å². The van der Waals surface area contributed by atoms with Crippen molar-refractivity contribution in [1.82, 2.24) is 29.9 Å². The Morgan fingerprint density at radius 1 is 0.205 bits per heavy atom. The molecule has 344 valence electrons. The zero-order valence-corrected chi connectivity index (χ0v) is 39.6. The molecule has 6 heterocycles. The normalized spacial score (nSPS) is 11.0. The van der Waals surface area contributed by atoms with Gasteiger partial charge >= 0.3 is 0 Å². The topological polar surface area (TPSA) is 80.6 Å². The van der Waals surface area contributed by atoms with Crippen molar-refractivity contribution >= 4 is 17.1 Å². The summed E-state index contributed by atoms with van der Waals surface area (Å²) in [5.74, 6) is 0. The number of anilines is 3. The molecule has 6 aromatic carbocycles. The lowest BCUT2D eigenvalue weighted by atomic mass is 9.90. The van der Waals surface area contributed by atoms with Gasteiger partial charge in [0, 0.05) is 70.9 Å². The third-order valence-electron chi connectivity index (χ3n) is 13.1. The van der Waals surface area contributed by atoms with E-state index in [9.17, 15) is 0 Å². The van der Waals surface area contributed by atoms with Crippen LogP contribution in [0.2, 0.25) is 0 Å². The molecular weight excluding hydrogens is 891 g/mol. The van der Waals surface area contributed by atoms with Crippen LogP contribution in [0.3, 0.4) is 0 Å². The Kier molecular flexibility index (Phi) is 12.2. The van der Waals surface area contributed by atoms with E-state index < -0.39 is 0 Å². The molecule has 0 saturated carbocycles. The average molecular weight is 936 g/mol. The first-order chi connectivity index (χ1) is 36.2. The van der Waals surface area contributed by atoms with Gasteiger partial charge in [0.15, 0.2) is 0 Å². The van der Waals surface area contributed by atoms with Crippen LogP contribution in [0.25, 0.3) is 101 Å². The predicted octanol–water partition coefficient (Wildman–Crippen LogP) is 16.5. The van der Waals surface area contributed by atoms with Crippen LogP contribution < -0.4 is 4.90 Å². The lowest BCUT2D eigenvalue weighted by Gasteiger charge is -2.29. The Hall–Kier alpha value is -9.98. The van der Waals surface area contributed by atoms with Crippen molar-refractivity contribution < 1.29 is 0 Å². The standard InChI is InChI=1S/C66H45N7/c1-4-19-46(20-5-1)58-43-49(31-34-52(58)55-25-16-40-70-64(55)61-28-10-13-37-67-61)73(50-32-35-53(59(44-50)47-21-6-2-7-22-47)56-26-17-41-71-65(56)62-29-11-14-38-68-62)51-33-36-54(60(45-51)48-23-8-3-9-24-48)57-27-18-42-72-66(57)63-30-12-15-39-69-63/h1-45H. The first-order valence-electron chi connectivity index (χ1n) is 24.2. The van der Waals surface area contributed by atoms with Crippen molar-refractivity contribution in [3.05, 3.63) is 274 Å². The fourth-order valence-corrected chi connectivity index (χ4v) is 9.72. The van der Waals surface area contributed by atoms with E-state index in [4.69, 9.17) is 29.9 Å². The number of hydrogen-bond acceptors (Lipinski definition) is 7. The molecule has 0 radical (unpaired) electrons. The quantitative estimate of drug-likeness (QED) is 0.121. The van der Waals surface area contributed by atoms with Crippen LogP contribution in [-0.2, 0) is 0 Å². The number of benzene rings is 6. The minimum absolute atomic E-state index is 0.810. The highest BCUT2D eigenvalue weighted by molar-refractivity contribution is 5.97. The first-order valence-corrected chi connectivity index (χ1v) is 24.2. The van der Waals surface area contributed by atoms with Crippen molar-refractivity contribution in [2.45, 2.75) is 0 Å². The molecule has 0 N–H and O–H groups in total. The summed E-state index contributed by atoms with van der Waals surface area (Å²) < 4.78 is 0. The van der Waals surface area contributed by atoms with Crippen LogP contribution in [0.15, 0.2) is 274 Å². The summed E-state index contributed by atoms with van der Waals surface area (Å²) in [6.45, 7) is 0. The average Bonchev–Trinajstić information content (AvgIpc) is 3.48. The van der Waals surface area contributed by atoms with Gasteiger partial charge in [0.1, 0.15) is 0 Å². The molecule has 0 aliphatic carbocycles. The van der Waals surface area contributed by atoms with Gasteiger partial charge in [-0.1, -0.05) is 146 Å². The van der Waals surface area contributed by atoms with Gasteiger partial charge in [-0.25, -0.2) is 0 Å². The van der Waals surface area contributed by atoms with Crippen molar-refractivity contribution in [1.29, 1.82) is 0 Å². The highest BCUT2D eigenvalue weighted by atomic mass is 15.1. The maximum Gasteiger partial charge on any atom is 0.0964 e. The molecule has 0 fully saturated rings. The Bertz CT molecular complexity index is 3430. The highest BCUT2D eigenvalue weighted by Gasteiger charge is 2.24.